The van der Waals surface area contributed by atoms with Crippen LogP contribution in [0.5, 0.6) is 0 Å². The van der Waals surface area contributed by atoms with Gasteiger partial charge in [-0.1, -0.05) is 41.4 Å². The summed E-state index contributed by atoms with van der Waals surface area (Å²) < 4.78 is 28.5. The van der Waals surface area contributed by atoms with E-state index < -0.39 is 12.3 Å². The number of carbonyl (C=O) groups excluding carboxylic acids is 1. The first kappa shape index (κ1) is 19.3. The molecule has 0 spiro atoms. The summed E-state index contributed by atoms with van der Waals surface area (Å²) in [7, 11) is 0. The number of aromatic nitrogens is 4. The van der Waals surface area contributed by atoms with Gasteiger partial charge in [0, 0.05) is 11.2 Å². The molecule has 0 radical (unpaired) electrons. The number of benzene rings is 1. The number of aryl methyl sites for hydroxylation is 1. The van der Waals surface area contributed by atoms with Gasteiger partial charge in [-0.05, 0) is 24.6 Å². The number of halogens is 4. The van der Waals surface area contributed by atoms with Gasteiger partial charge in [-0.3, -0.25) is 14.2 Å². The van der Waals surface area contributed by atoms with Gasteiger partial charge >= 0.3 is 0 Å². The van der Waals surface area contributed by atoms with Crippen molar-refractivity contribution in [3.05, 3.63) is 63.5 Å². The third-order valence-electron chi connectivity index (χ3n) is 3.72. The molecule has 0 unspecified atom stereocenters. The molecule has 0 fully saturated rings. The van der Waals surface area contributed by atoms with Crippen molar-refractivity contribution in [2.75, 3.05) is 5.32 Å². The fourth-order valence-corrected chi connectivity index (χ4v) is 2.93. The van der Waals surface area contributed by atoms with E-state index in [1.165, 1.54) is 10.7 Å². The number of alkyl halides is 2. The van der Waals surface area contributed by atoms with Crippen LogP contribution in [-0.4, -0.2) is 25.5 Å². The Bertz CT molecular complexity index is 970. The molecule has 0 aliphatic rings. The summed E-state index contributed by atoms with van der Waals surface area (Å²) in [5.41, 5.74) is 0.919. The van der Waals surface area contributed by atoms with E-state index in [0.29, 0.717) is 17.3 Å². The molecule has 142 valence electrons. The van der Waals surface area contributed by atoms with Crippen LogP contribution in [0.15, 0.2) is 36.5 Å². The predicted octanol–water partition coefficient (Wildman–Crippen LogP) is 4.32. The van der Waals surface area contributed by atoms with E-state index in [0.717, 1.165) is 10.2 Å². The second-order valence-electron chi connectivity index (χ2n) is 5.83. The average molecular weight is 414 g/mol. The van der Waals surface area contributed by atoms with E-state index in [1.807, 2.05) is 18.2 Å². The Kier molecular flexibility index (Phi) is 5.76. The van der Waals surface area contributed by atoms with Crippen molar-refractivity contribution in [2.24, 2.45) is 0 Å². The number of anilines is 1. The molecule has 0 saturated carbocycles. The molecule has 3 rings (SSSR count). The second kappa shape index (κ2) is 8.06. The lowest BCUT2D eigenvalue weighted by atomic mass is 10.2. The molecule has 2 aromatic heterocycles. The SMILES string of the molecule is Cc1cc(C(F)F)n(CC(=O)Nc2nn(Cc3ccccc3Cl)cc2Cl)n1. The van der Waals surface area contributed by atoms with E-state index in [1.54, 1.807) is 19.2 Å². The summed E-state index contributed by atoms with van der Waals surface area (Å²) in [4.78, 5) is 12.2. The van der Waals surface area contributed by atoms with Crippen molar-refractivity contribution < 1.29 is 13.6 Å². The monoisotopic (exact) mass is 413 g/mol. The number of hydrogen-bond donors (Lipinski definition) is 1. The lowest BCUT2D eigenvalue weighted by Crippen LogP contribution is -2.21. The maximum Gasteiger partial charge on any atom is 0.280 e. The number of nitrogens with zero attached hydrogens (tertiary/aromatic N) is 4. The molecule has 0 bridgehead atoms. The third kappa shape index (κ3) is 4.64. The lowest BCUT2D eigenvalue weighted by Gasteiger charge is -2.07. The summed E-state index contributed by atoms with van der Waals surface area (Å²) >= 11 is 12.2. The standard InChI is InChI=1S/C17H15Cl2F2N5O/c1-10-6-14(16(20)21)26(23-10)9-15(27)22-17-13(19)8-25(24-17)7-11-4-2-3-5-12(11)18/h2-6,8,16H,7,9H2,1H3,(H,22,24,27). The van der Waals surface area contributed by atoms with E-state index in [4.69, 9.17) is 23.2 Å². The minimum absolute atomic E-state index is 0.135. The van der Waals surface area contributed by atoms with Crippen LogP contribution in [-0.2, 0) is 17.9 Å². The Morgan fingerprint density at radius 1 is 1.22 bits per heavy atom. The van der Waals surface area contributed by atoms with Gasteiger partial charge in [-0.25, -0.2) is 8.78 Å². The normalized spacial score (nSPS) is 11.2. The molecule has 3 aromatic rings. The van der Waals surface area contributed by atoms with Crippen molar-refractivity contribution >= 4 is 34.9 Å². The highest BCUT2D eigenvalue weighted by molar-refractivity contribution is 6.33. The molecular weight excluding hydrogens is 399 g/mol. The van der Waals surface area contributed by atoms with Crippen LogP contribution in [0.1, 0.15) is 23.4 Å². The van der Waals surface area contributed by atoms with Crippen LogP contribution >= 0.6 is 23.2 Å². The fourth-order valence-electron chi connectivity index (χ4n) is 2.54. The van der Waals surface area contributed by atoms with Gasteiger partial charge in [-0.2, -0.15) is 10.2 Å². The van der Waals surface area contributed by atoms with Crippen LogP contribution < -0.4 is 5.32 Å². The molecule has 1 aromatic carbocycles. The zero-order valence-corrected chi connectivity index (χ0v) is 15.7. The third-order valence-corrected chi connectivity index (χ3v) is 4.36. The van der Waals surface area contributed by atoms with Crippen molar-refractivity contribution in [2.45, 2.75) is 26.4 Å². The summed E-state index contributed by atoms with van der Waals surface area (Å²) in [5.74, 6) is -0.430. The molecule has 1 N–H and O–H groups in total. The molecule has 10 heteroatoms. The predicted molar refractivity (Wildman–Crippen MR) is 98.3 cm³/mol. The molecule has 0 atom stereocenters. The molecule has 2 heterocycles. The minimum atomic E-state index is -2.72. The van der Waals surface area contributed by atoms with Crippen LogP contribution in [0.2, 0.25) is 10.0 Å². The number of hydrogen-bond acceptors (Lipinski definition) is 3. The highest BCUT2D eigenvalue weighted by atomic mass is 35.5. The average Bonchev–Trinajstić information content (AvgIpc) is 3.12. The molecule has 0 aliphatic heterocycles. The maximum absolute atomic E-state index is 13.0. The van der Waals surface area contributed by atoms with Crippen molar-refractivity contribution in [1.29, 1.82) is 0 Å². The van der Waals surface area contributed by atoms with Crippen molar-refractivity contribution in [3.63, 3.8) is 0 Å². The van der Waals surface area contributed by atoms with Gasteiger partial charge in [-0.15, -0.1) is 0 Å². The Morgan fingerprint density at radius 2 is 1.96 bits per heavy atom. The molecule has 0 aliphatic carbocycles. The Labute approximate surface area is 163 Å². The van der Waals surface area contributed by atoms with E-state index in [-0.39, 0.29) is 23.1 Å². The summed E-state index contributed by atoms with van der Waals surface area (Å²) in [6, 6.07) is 8.52. The van der Waals surface area contributed by atoms with Gasteiger partial charge in [0.15, 0.2) is 5.82 Å². The number of nitrogens with one attached hydrogen (secondary N) is 1. The van der Waals surface area contributed by atoms with Gasteiger partial charge in [0.05, 0.1) is 12.2 Å². The maximum atomic E-state index is 13.0. The van der Waals surface area contributed by atoms with Crippen LogP contribution in [0, 0.1) is 6.92 Å². The quantitative estimate of drug-likeness (QED) is 0.654. The Hall–Kier alpha value is -2.45. The van der Waals surface area contributed by atoms with Crippen LogP contribution in [0.4, 0.5) is 14.6 Å². The molecular formula is C17H15Cl2F2N5O. The van der Waals surface area contributed by atoms with E-state index in [9.17, 15) is 13.6 Å². The number of amides is 1. The molecule has 6 nitrogen and oxygen atoms in total. The highest BCUT2D eigenvalue weighted by Crippen LogP contribution is 2.23. The first-order chi connectivity index (χ1) is 12.8. The van der Waals surface area contributed by atoms with Crippen LogP contribution in [0.3, 0.4) is 0 Å². The smallest absolute Gasteiger partial charge is 0.280 e. The summed E-state index contributed by atoms with van der Waals surface area (Å²) in [6.45, 7) is 1.57. The first-order valence-corrected chi connectivity index (χ1v) is 8.68. The fraction of sp³-hybridized carbons (Fsp3) is 0.235. The number of rotatable bonds is 6. The molecule has 0 saturated heterocycles. The summed E-state index contributed by atoms with van der Waals surface area (Å²) in [6.07, 6.45) is -1.18. The van der Waals surface area contributed by atoms with Gasteiger partial charge in [0.1, 0.15) is 17.3 Å². The van der Waals surface area contributed by atoms with Gasteiger partial charge < -0.3 is 5.32 Å². The van der Waals surface area contributed by atoms with Gasteiger partial charge in [0.2, 0.25) is 5.91 Å². The second-order valence-corrected chi connectivity index (χ2v) is 6.65. The topological polar surface area (TPSA) is 64.7 Å². The highest BCUT2D eigenvalue weighted by Gasteiger charge is 2.18. The minimum Gasteiger partial charge on any atom is -0.306 e. The van der Waals surface area contributed by atoms with Crippen molar-refractivity contribution in [1.82, 2.24) is 19.6 Å². The largest absolute Gasteiger partial charge is 0.306 e. The zero-order chi connectivity index (χ0) is 19.6. The Balaban J connectivity index is 1.70. The Morgan fingerprint density at radius 3 is 2.67 bits per heavy atom. The van der Waals surface area contributed by atoms with Crippen molar-refractivity contribution in [3.8, 4) is 0 Å². The van der Waals surface area contributed by atoms with Gasteiger partial charge in [0.25, 0.3) is 6.43 Å². The number of carbonyl (C=O) groups is 1. The lowest BCUT2D eigenvalue weighted by molar-refractivity contribution is -0.117. The molecule has 27 heavy (non-hydrogen) atoms. The van der Waals surface area contributed by atoms with E-state index in [2.05, 4.69) is 15.5 Å². The van der Waals surface area contributed by atoms with Crippen LogP contribution in [0.25, 0.3) is 0 Å². The zero-order valence-electron chi connectivity index (χ0n) is 14.2. The first-order valence-electron chi connectivity index (χ1n) is 7.92. The van der Waals surface area contributed by atoms with E-state index >= 15 is 0 Å². The molecule has 1 amide bonds. The summed E-state index contributed by atoms with van der Waals surface area (Å²) in [5, 5.41) is 11.4.